The van der Waals surface area contributed by atoms with Crippen LogP contribution in [0.5, 0.6) is 0 Å². The van der Waals surface area contributed by atoms with Gasteiger partial charge in [0.2, 0.25) is 0 Å². The molecule has 4 heterocycles. The van der Waals surface area contributed by atoms with Gasteiger partial charge in [-0.15, -0.1) is 11.3 Å². The molecule has 7 nitrogen and oxygen atoms in total. The second kappa shape index (κ2) is 7.36. The predicted molar refractivity (Wildman–Crippen MR) is 105 cm³/mol. The zero-order valence-corrected chi connectivity index (χ0v) is 16.6. The molecule has 1 amide bonds. The summed E-state index contributed by atoms with van der Waals surface area (Å²) in [5.74, 6) is 0.519. The second-order valence-electron chi connectivity index (χ2n) is 7.34. The van der Waals surface area contributed by atoms with Gasteiger partial charge >= 0.3 is 0 Å². The Balaban J connectivity index is 1.49. The SMILES string of the molecule is Cc1cc(C(=O)Nc2nc(CN3CCCC(C)C3)cs2)c2c(C)noc2n1. The van der Waals surface area contributed by atoms with E-state index < -0.39 is 0 Å². The van der Waals surface area contributed by atoms with Crippen LogP contribution in [0.4, 0.5) is 5.13 Å². The van der Waals surface area contributed by atoms with Crippen molar-refractivity contribution in [1.82, 2.24) is 20.0 Å². The number of carbonyl (C=O) groups excluding carboxylic acids is 1. The summed E-state index contributed by atoms with van der Waals surface area (Å²) in [6, 6.07) is 1.76. The Morgan fingerprint density at radius 2 is 2.26 bits per heavy atom. The lowest BCUT2D eigenvalue weighted by atomic mass is 10.0. The van der Waals surface area contributed by atoms with Crippen LogP contribution in [0.1, 0.15) is 47.2 Å². The number of aromatic nitrogens is 3. The zero-order valence-electron chi connectivity index (χ0n) is 15.8. The third-order valence-corrected chi connectivity index (χ3v) is 5.70. The van der Waals surface area contributed by atoms with Crippen LogP contribution < -0.4 is 5.32 Å². The summed E-state index contributed by atoms with van der Waals surface area (Å²) in [5, 5.41) is 10.1. The van der Waals surface area contributed by atoms with E-state index in [4.69, 9.17) is 4.52 Å². The van der Waals surface area contributed by atoms with Gasteiger partial charge in [-0.05, 0) is 45.2 Å². The molecule has 0 radical (unpaired) electrons. The molecule has 0 aromatic carbocycles. The number of anilines is 1. The third kappa shape index (κ3) is 3.86. The highest BCUT2D eigenvalue weighted by Crippen LogP contribution is 2.25. The van der Waals surface area contributed by atoms with Gasteiger partial charge in [-0.25, -0.2) is 9.97 Å². The molecule has 1 atom stereocenters. The standard InChI is InChI=1S/C19H23N5O2S/c1-11-5-4-6-24(8-11)9-14-10-27-19(21-14)22-17(25)15-7-12(2)20-18-16(15)13(3)23-26-18/h7,10-11H,4-6,8-9H2,1-3H3,(H,21,22,25). The van der Waals surface area contributed by atoms with Gasteiger partial charge in [0, 0.05) is 24.2 Å². The number of thiazole rings is 1. The molecule has 0 spiro atoms. The molecule has 142 valence electrons. The summed E-state index contributed by atoms with van der Waals surface area (Å²) in [6.45, 7) is 8.99. The maximum absolute atomic E-state index is 12.8. The van der Waals surface area contributed by atoms with Crippen molar-refractivity contribution >= 4 is 33.5 Å². The fourth-order valence-electron chi connectivity index (χ4n) is 3.66. The van der Waals surface area contributed by atoms with Gasteiger partial charge < -0.3 is 4.52 Å². The summed E-state index contributed by atoms with van der Waals surface area (Å²) < 4.78 is 5.21. The maximum atomic E-state index is 12.8. The number of aryl methyl sites for hydroxylation is 2. The van der Waals surface area contributed by atoms with Gasteiger partial charge in [-0.3, -0.25) is 15.0 Å². The summed E-state index contributed by atoms with van der Waals surface area (Å²) in [6.07, 6.45) is 2.54. The molecule has 27 heavy (non-hydrogen) atoms. The van der Waals surface area contributed by atoms with Crippen LogP contribution in [0, 0.1) is 19.8 Å². The zero-order chi connectivity index (χ0) is 19.0. The molecule has 1 unspecified atom stereocenters. The van der Waals surface area contributed by atoms with Gasteiger partial charge in [-0.2, -0.15) is 0 Å². The molecule has 1 N–H and O–H groups in total. The first-order valence-electron chi connectivity index (χ1n) is 9.21. The highest BCUT2D eigenvalue weighted by Gasteiger charge is 2.20. The average molecular weight is 385 g/mol. The van der Waals surface area contributed by atoms with Crippen molar-refractivity contribution in [1.29, 1.82) is 0 Å². The monoisotopic (exact) mass is 385 g/mol. The Kier molecular flexibility index (Phi) is 4.92. The first-order valence-corrected chi connectivity index (χ1v) is 10.1. The van der Waals surface area contributed by atoms with E-state index in [1.54, 1.807) is 13.0 Å². The number of carbonyl (C=O) groups is 1. The molecule has 0 saturated carbocycles. The number of nitrogens with zero attached hydrogens (tertiary/aromatic N) is 4. The van der Waals surface area contributed by atoms with Crippen LogP contribution in [-0.4, -0.2) is 39.0 Å². The van der Waals surface area contributed by atoms with Crippen LogP contribution in [0.3, 0.4) is 0 Å². The van der Waals surface area contributed by atoms with Gasteiger partial charge in [-0.1, -0.05) is 12.1 Å². The van der Waals surface area contributed by atoms with Crippen LogP contribution in [0.15, 0.2) is 16.0 Å². The fourth-order valence-corrected chi connectivity index (χ4v) is 4.35. The summed E-state index contributed by atoms with van der Waals surface area (Å²) in [5.41, 5.74) is 3.26. The Labute approximate surface area is 161 Å². The highest BCUT2D eigenvalue weighted by atomic mass is 32.1. The number of fused-ring (bicyclic) bond motifs is 1. The van der Waals surface area contributed by atoms with E-state index in [1.807, 2.05) is 12.3 Å². The van der Waals surface area contributed by atoms with Crippen molar-refractivity contribution in [3.8, 4) is 0 Å². The second-order valence-corrected chi connectivity index (χ2v) is 8.20. The minimum absolute atomic E-state index is 0.218. The van der Waals surface area contributed by atoms with E-state index >= 15 is 0 Å². The van der Waals surface area contributed by atoms with Crippen molar-refractivity contribution in [2.24, 2.45) is 5.92 Å². The maximum Gasteiger partial charge on any atom is 0.258 e. The molecule has 8 heteroatoms. The van der Waals surface area contributed by atoms with E-state index in [1.165, 1.54) is 24.2 Å². The first kappa shape index (κ1) is 18.1. The molecule has 1 aliphatic heterocycles. The topological polar surface area (TPSA) is 84.2 Å². The Morgan fingerprint density at radius 3 is 3.07 bits per heavy atom. The minimum atomic E-state index is -0.218. The average Bonchev–Trinajstić information content (AvgIpc) is 3.21. The summed E-state index contributed by atoms with van der Waals surface area (Å²) in [7, 11) is 0. The molecule has 3 aromatic rings. The van der Waals surface area contributed by atoms with Gasteiger partial charge in [0.1, 0.15) is 0 Å². The smallest absolute Gasteiger partial charge is 0.258 e. The lowest BCUT2D eigenvalue weighted by Crippen LogP contribution is -2.33. The molecule has 1 fully saturated rings. The molecule has 4 rings (SSSR count). The lowest BCUT2D eigenvalue weighted by Gasteiger charge is -2.30. The number of likely N-dealkylation sites (tertiary alicyclic amines) is 1. The Morgan fingerprint density at radius 1 is 1.41 bits per heavy atom. The number of piperidine rings is 1. The minimum Gasteiger partial charge on any atom is -0.336 e. The van der Waals surface area contributed by atoms with E-state index in [0.717, 1.165) is 31.2 Å². The van der Waals surface area contributed by atoms with Crippen LogP contribution in [0.2, 0.25) is 0 Å². The van der Waals surface area contributed by atoms with Crippen LogP contribution in [-0.2, 0) is 6.54 Å². The quantitative estimate of drug-likeness (QED) is 0.736. The van der Waals surface area contributed by atoms with Crippen molar-refractivity contribution < 1.29 is 9.32 Å². The molecule has 1 saturated heterocycles. The van der Waals surface area contributed by atoms with Crippen LogP contribution >= 0.6 is 11.3 Å². The normalized spacial score (nSPS) is 18.1. The number of amides is 1. The van der Waals surface area contributed by atoms with Crippen molar-refractivity contribution in [3.05, 3.63) is 34.1 Å². The van der Waals surface area contributed by atoms with Gasteiger partial charge in [0.05, 0.1) is 22.3 Å². The molecule has 0 bridgehead atoms. The third-order valence-electron chi connectivity index (χ3n) is 4.89. The number of pyridine rings is 1. The number of hydrogen-bond donors (Lipinski definition) is 1. The first-order chi connectivity index (χ1) is 13.0. The van der Waals surface area contributed by atoms with Crippen molar-refractivity contribution in [3.63, 3.8) is 0 Å². The number of rotatable bonds is 4. The van der Waals surface area contributed by atoms with Gasteiger partial charge in [0.15, 0.2) is 5.13 Å². The van der Waals surface area contributed by atoms with E-state index in [0.29, 0.717) is 33.2 Å². The molecular weight excluding hydrogens is 362 g/mol. The lowest BCUT2D eigenvalue weighted by molar-refractivity contribution is 0.102. The van der Waals surface area contributed by atoms with Crippen molar-refractivity contribution in [2.75, 3.05) is 18.4 Å². The fraction of sp³-hybridized carbons (Fsp3) is 0.474. The van der Waals surface area contributed by atoms with E-state index in [2.05, 4.69) is 32.3 Å². The van der Waals surface area contributed by atoms with Crippen LogP contribution in [0.25, 0.3) is 11.1 Å². The van der Waals surface area contributed by atoms with E-state index in [9.17, 15) is 4.79 Å². The molecular formula is C19H23N5O2S. The predicted octanol–water partition coefficient (Wildman–Crippen LogP) is 3.78. The number of nitrogens with one attached hydrogen (secondary N) is 1. The molecule has 3 aromatic heterocycles. The summed E-state index contributed by atoms with van der Waals surface area (Å²) in [4.78, 5) is 24.1. The molecule has 1 aliphatic rings. The highest BCUT2D eigenvalue weighted by molar-refractivity contribution is 7.14. The van der Waals surface area contributed by atoms with E-state index in [-0.39, 0.29) is 5.91 Å². The number of hydrogen-bond acceptors (Lipinski definition) is 7. The Bertz CT molecular complexity index is 980. The molecule has 0 aliphatic carbocycles. The van der Waals surface area contributed by atoms with Gasteiger partial charge in [0.25, 0.3) is 11.6 Å². The summed E-state index contributed by atoms with van der Waals surface area (Å²) >= 11 is 1.45. The largest absolute Gasteiger partial charge is 0.336 e. The van der Waals surface area contributed by atoms with Crippen molar-refractivity contribution in [2.45, 2.75) is 40.2 Å². The Hall–Kier alpha value is -2.32.